The van der Waals surface area contributed by atoms with Gasteiger partial charge in [0.2, 0.25) is 5.95 Å². The lowest BCUT2D eigenvalue weighted by Crippen LogP contribution is -2.02. The van der Waals surface area contributed by atoms with Gasteiger partial charge in [0.05, 0.1) is 6.54 Å². The number of nitrogens with two attached hydrogens (primary N) is 1. The van der Waals surface area contributed by atoms with Crippen LogP contribution in [0.4, 0.5) is 5.95 Å². The van der Waals surface area contributed by atoms with Crippen molar-refractivity contribution < 1.29 is 0 Å². The Kier molecular flexibility index (Phi) is 3.24. The molecule has 1 heterocycles. The molecule has 0 unspecified atom stereocenters. The van der Waals surface area contributed by atoms with Crippen LogP contribution in [0.1, 0.15) is 18.1 Å². The number of aryl methyl sites for hydroxylation is 1. The van der Waals surface area contributed by atoms with E-state index >= 15 is 0 Å². The number of hydrogen-bond acceptors (Lipinski definition) is 3. The van der Waals surface area contributed by atoms with Gasteiger partial charge in [-0.2, -0.15) is 4.98 Å². The number of hydrogen-bond donors (Lipinski definition) is 1. The van der Waals surface area contributed by atoms with Crippen LogP contribution in [0.5, 0.6) is 0 Å². The number of aromatic nitrogens is 3. The largest absolute Gasteiger partial charge is 0.366 e. The van der Waals surface area contributed by atoms with Gasteiger partial charge in [0.15, 0.2) is 4.73 Å². The molecule has 1 aromatic carbocycles. The third-order valence-corrected chi connectivity index (χ3v) is 2.99. The summed E-state index contributed by atoms with van der Waals surface area (Å²) in [4.78, 5) is 3.99. The minimum atomic E-state index is 0.289. The van der Waals surface area contributed by atoms with Gasteiger partial charge in [-0.25, -0.2) is 4.68 Å². The van der Waals surface area contributed by atoms with Crippen molar-refractivity contribution >= 4 is 21.9 Å². The van der Waals surface area contributed by atoms with E-state index in [1.54, 1.807) is 4.68 Å². The first-order valence-corrected chi connectivity index (χ1v) is 5.92. The standard InChI is InChI=1S/C11H13BrN4/c1-2-8-3-5-9(6-4-8)7-16-10(12)14-11(13)15-16/h3-6H,2,7H2,1H3,(H2,13,15). The third-order valence-electron chi connectivity index (χ3n) is 2.41. The molecule has 84 valence electrons. The highest BCUT2D eigenvalue weighted by Gasteiger charge is 2.04. The molecule has 2 aromatic rings. The maximum atomic E-state index is 5.51. The Morgan fingerprint density at radius 3 is 2.38 bits per heavy atom. The molecule has 0 aliphatic rings. The van der Waals surface area contributed by atoms with Crippen molar-refractivity contribution in [2.24, 2.45) is 0 Å². The van der Waals surface area contributed by atoms with Crippen molar-refractivity contribution in [3.05, 3.63) is 40.1 Å². The molecule has 2 rings (SSSR count). The summed E-state index contributed by atoms with van der Waals surface area (Å²) in [6.45, 7) is 2.82. The molecule has 4 nitrogen and oxygen atoms in total. The molecule has 1 aromatic heterocycles. The topological polar surface area (TPSA) is 56.7 Å². The molecule has 16 heavy (non-hydrogen) atoms. The fourth-order valence-corrected chi connectivity index (χ4v) is 1.88. The van der Waals surface area contributed by atoms with Crippen molar-refractivity contribution in [1.29, 1.82) is 0 Å². The summed E-state index contributed by atoms with van der Waals surface area (Å²) < 4.78 is 2.39. The zero-order chi connectivity index (χ0) is 11.5. The molecule has 0 fully saturated rings. The van der Waals surface area contributed by atoms with Gasteiger partial charge >= 0.3 is 0 Å². The van der Waals surface area contributed by atoms with Gasteiger partial charge in [-0.05, 0) is 33.5 Å². The van der Waals surface area contributed by atoms with Crippen LogP contribution < -0.4 is 5.73 Å². The van der Waals surface area contributed by atoms with Crippen LogP contribution in [-0.4, -0.2) is 14.8 Å². The molecular weight excluding hydrogens is 268 g/mol. The Morgan fingerprint density at radius 2 is 1.88 bits per heavy atom. The van der Waals surface area contributed by atoms with Gasteiger partial charge in [-0.15, -0.1) is 5.10 Å². The molecule has 2 N–H and O–H groups in total. The van der Waals surface area contributed by atoms with Crippen LogP contribution in [0.2, 0.25) is 0 Å². The molecule has 0 atom stereocenters. The average molecular weight is 281 g/mol. The molecule has 0 saturated heterocycles. The van der Waals surface area contributed by atoms with E-state index in [1.165, 1.54) is 11.1 Å². The fraction of sp³-hybridized carbons (Fsp3) is 0.273. The van der Waals surface area contributed by atoms with E-state index in [4.69, 9.17) is 5.73 Å². The molecule has 0 amide bonds. The van der Waals surface area contributed by atoms with E-state index in [0.717, 1.165) is 6.42 Å². The highest BCUT2D eigenvalue weighted by Crippen LogP contribution is 2.12. The molecule has 0 saturated carbocycles. The summed E-state index contributed by atoms with van der Waals surface area (Å²) >= 11 is 3.31. The number of nitrogen functional groups attached to an aromatic ring is 1. The van der Waals surface area contributed by atoms with Crippen molar-refractivity contribution in [3.63, 3.8) is 0 Å². The molecule has 0 aliphatic carbocycles. The number of benzene rings is 1. The minimum absolute atomic E-state index is 0.289. The summed E-state index contributed by atoms with van der Waals surface area (Å²) in [5, 5.41) is 4.08. The minimum Gasteiger partial charge on any atom is -0.366 e. The summed E-state index contributed by atoms with van der Waals surface area (Å²) in [7, 11) is 0. The number of rotatable bonds is 3. The quantitative estimate of drug-likeness (QED) is 0.938. The maximum Gasteiger partial charge on any atom is 0.240 e. The van der Waals surface area contributed by atoms with Gasteiger partial charge in [0.1, 0.15) is 0 Å². The van der Waals surface area contributed by atoms with Gasteiger partial charge in [-0.3, -0.25) is 0 Å². The highest BCUT2D eigenvalue weighted by atomic mass is 79.9. The van der Waals surface area contributed by atoms with Crippen molar-refractivity contribution in [2.45, 2.75) is 19.9 Å². The second-order valence-electron chi connectivity index (χ2n) is 3.57. The second-order valence-corrected chi connectivity index (χ2v) is 4.28. The van der Waals surface area contributed by atoms with Crippen LogP contribution in [0, 0.1) is 0 Å². The average Bonchev–Trinajstić information content (AvgIpc) is 2.59. The molecule has 0 spiro atoms. The summed E-state index contributed by atoms with van der Waals surface area (Å²) in [6, 6.07) is 8.46. The second kappa shape index (κ2) is 4.65. The number of halogens is 1. The number of anilines is 1. The lowest BCUT2D eigenvalue weighted by Gasteiger charge is -2.03. The summed E-state index contributed by atoms with van der Waals surface area (Å²) in [5.74, 6) is 0.289. The fourth-order valence-electron chi connectivity index (χ4n) is 1.49. The molecule has 0 bridgehead atoms. The van der Waals surface area contributed by atoms with E-state index < -0.39 is 0 Å². The first-order valence-electron chi connectivity index (χ1n) is 5.12. The Balaban J connectivity index is 2.17. The summed E-state index contributed by atoms with van der Waals surface area (Å²) in [5.41, 5.74) is 8.02. The van der Waals surface area contributed by atoms with Crippen LogP contribution in [0.25, 0.3) is 0 Å². The Morgan fingerprint density at radius 1 is 1.25 bits per heavy atom. The Labute approximate surface area is 103 Å². The van der Waals surface area contributed by atoms with Crippen molar-refractivity contribution in [3.8, 4) is 0 Å². The van der Waals surface area contributed by atoms with E-state index in [-0.39, 0.29) is 5.95 Å². The lowest BCUT2D eigenvalue weighted by molar-refractivity contribution is 0.670. The van der Waals surface area contributed by atoms with Gasteiger partial charge in [0, 0.05) is 0 Å². The summed E-state index contributed by atoms with van der Waals surface area (Å²) in [6.07, 6.45) is 1.06. The van der Waals surface area contributed by atoms with Crippen LogP contribution >= 0.6 is 15.9 Å². The SMILES string of the molecule is CCc1ccc(Cn2nc(N)nc2Br)cc1. The molecule has 0 radical (unpaired) electrons. The van der Waals surface area contributed by atoms with Crippen LogP contribution in [-0.2, 0) is 13.0 Å². The van der Waals surface area contributed by atoms with Gasteiger partial charge in [-0.1, -0.05) is 31.2 Å². The van der Waals surface area contributed by atoms with Crippen LogP contribution in [0.15, 0.2) is 29.0 Å². The Bertz CT molecular complexity index is 475. The first-order chi connectivity index (χ1) is 7.69. The Hall–Kier alpha value is -1.36. The third kappa shape index (κ3) is 2.41. The predicted molar refractivity (Wildman–Crippen MR) is 67.1 cm³/mol. The molecule has 0 aliphatic heterocycles. The monoisotopic (exact) mass is 280 g/mol. The van der Waals surface area contributed by atoms with Crippen LogP contribution in [0.3, 0.4) is 0 Å². The molecule has 5 heteroatoms. The van der Waals surface area contributed by atoms with Gasteiger partial charge < -0.3 is 5.73 Å². The normalized spacial score (nSPS) is 10.6. The molecular formula is C11H13BrN4. The van der Waals surface area contributed by atoms with E-state index in [1.807, 2.05) is 0 Å². The van der Waals surface area contributed by atoms with Crippen molar-refractivity contribution in [1.82, 2.24) is 14.8 Å². The van der Waals surface area contributed by atoms with E-state index in [9.17, 15) is 0 Å². The van der Waals surface area contributed by atoms with Gasteiger partial charge in [0.25, 0.3) is 0 Å². The highest BCUT2D eigenvalue weighted by molar-refractivity contribution is 9.10. The maximum absolute atomic E-state index is 5.51. The zero-order valence-corrected chi connectivity index (χ0v) is 10.6. The van der Waals surface area contributed by atoms with E-state index in [2.05, 4.69) is 57.2 Å². The predicted octanol–water partition coefficient (Wildman–Crippen LogP) is 2.23. The van der Waals surface area contributed by atoms with Crippen molar-refractivity contribution in [2.75, 3.05) is 5.73 Å². The first kappa shape index (κ1) is 11.1. The zero-order valence-electron chi connectivity index (χ0n) is 9.02. The number of nitrogens with zero attached hydrogens (tertiary/aromatic N) is 3. The lowest BCUT2D eigenvalue weighted by atomic mass is 10.1. The van der Waals surface area contributed by atoms with E-state index in [0.29, 0.717) is 11.3 Å². The smallest absolute Gasteiger partial charge is 0.240 e.